The molecule has 1 fully saturated rings. The molecule has 3 heterocycles. The molecule has 1 N–H and O–H groups in total. The van der Waals surface area contributed by atoms with Gasteiger partial charge in [0, 0.05) is 30.3 Å². The van der Waals surface area contributed by atoms with Crippen molar-refractivity contribution in [1.29, 1.82) is 0 Å². The van der Waals surface area contributed by atoms with Crippen molar-refractivity contribution in [2.75, 3.05) is 32.2 Å². The molecule has 5 rings (SSSR count). The number of hydrogen-bond acceptors (Lipinski definition) is 9. The van der Waals surface area contributed by atoms with Gasteiger partial charge in [0.25, 0.3) is 0 Å². The molecular weight excluding hydrogens is 613 g/mol. The van der Waals surface area contributed by atoms with E-state index in [1.54, 1.807) is 43.3 Å². The number of aromatic nitrogens is 1. The molecule has 10 nitrogen and oxygen atoms in total. The standard InChI is InChI=1S/C34H40FN3O7S/c1-33(2,3)45-32(41)38-13-11-22-17-28(44-20-23-8-6-7-14-43-23)24(21-9-10-27(35)25(16-21)30(40)42-5)18-26(22)34(38,4)19-29(39)37-31-36-12-15-46-31/h9-10,12,15-18,23H,6-8,11,13-14,19-20H2,1-5H3,(H,36,37,39). The summed E-state index contributed by atoms with van der Waals surface area (Å²) in [7, 11) is 1.19. The molecule has 246 valence electrons. The fraction of sp³-hybridized carbons (Fsp3) is 0.471. The number of amides is 2. The maximum absolute atomic E-state index is 14.7. The molecule has 2 aliphatic rings. The lowest BCUT2D eigenvalue weighted by Crippen LogP contribution is -2.54. The average Bonchev–Trinajstić information content (AvgIpc) is 3.52. The second-order valence-electron chi connectivity index (χ2n) is 12.7. The number of halogens is 1. The van der Waals surface area contributed by atoms with Gasteiger partial charge in [-0.05, 0) is 94.3 Å². The number of carbonyl (C=O) groups is 3. The van der Waals surface area contributed by atoms with Crippen LogP contribution in [-0.2, 0) is 31.0 Å². The molecule has 0 aliphatic carbocycles. The summed E-state index contributed by atoms with van der Waals surface area (Å²) in [5.74, 6) is -1.33. The number of methoxy groups -OCH3 is 1. The number of hydrogen-bond donors (Lipinski definition) is 1. The third-order valence-electron chi connectivity index (χ3n) is 8.16. The van der Waals surface area contributed by atoms with Crippen molar-refractivity contribution in [3.05, 3.63) is 64.4 Å². The van der Waals surface area contributed by atoms with Crippen molar-refractivity contribution in [1.82, 2.24) is 9.88 Å². The maximum atomic E-state index is 14.7. The summed E-state index contributed by atoms with van der Waals surface area (Å²) in [6.45, 7) is 8.50. The zero-order chi connectivity index (χ0) is 33.1. The molecule has 1 aromatic heterocycles. The van der Waals surface area contributed by atoms with Crippen LogP contribution < -0.4 is 10.1 Å². The molecule has 2 unspecified atom stereocenters. The van der Waals surface area contributed by atoms with Crippen LogP contribution >= 0.6 is 11.3 Å². The van der Waals surface area contributed by atoms with Crippen LogP contribution in [0.5, 0.6) is 5.75 Å². The summed E-state index contributed by atoms with van der Waals surface area (Å²) >= 11 is 1.29. The smallest absolute Gasteiger partial charge is 0.411 e. The predicted octanol–water partition coefficient (Wildman–Crippen LogP) is 6.72. The summed E-state index contributed by atoms with van der Waals surface area (Å²) in [5, 5.41) is 5.05. The Bertz CT molecular complexity index is 1580. The molecule has 12 heteroatoms. The van der Waals surface area contributed by atoms with Gasteiger partial charge in [-0.1, -0.05) is 6.07 Å². The number of thiazole rings is 1. The molecule has 0 bridgehead atoms. The Balaban J connectivity index is 1.62. The third-order valence-corrected chi connectivity index (χ3v) is 8.85. The molecule has 2 amide bonds. The minimum absolute atomic E-state index is 0.0704. The van der Waals surface area contributed by atoms with E-state index in [1.807, 2.05) is 19.1 Å². The molecule has 46 heavy (non-hydrogen) atoms. The van der Waals surface area contributed by atoms with Crippen molar-refractivity contribution >= 4 is 34.4 Å². The van der Waals surface area contributed by atoms with Crippen LogP contribution in [0.15, 0.2) is 41.9 Å². The van der Waals surface area contributed by atoms with Crippen molar-refractivity contribution in [3.63, 3.8) is 0 Å². The maximum Gasteiger partial charge on any atom is 0.411 e. The van der Waals surface area contributed by atoms with Gasteiger partial charge in [0.2, 0.25) is 5.91 Å². The van der Waals surface area contributed by atoms with E-state index in [-0.39, 0.29) is 24.0 Å². The third kappa shape index (κ3) is 7.50. The quantitative estimate of drug-likeness (QED) is 0.267. The van der Waals surface area contributed by atoms with E-state index in [1.165, 1.54) is 30.6 Å². The summed E-state index contributed by atoms with van der Waals surface area (Å²) < 4.78 is 37.6. The van der Waals surface area contributed by atoms with Crippen LogP contribution in [0.4, 0.5) is 14.3 Å². The Morgan fingerprint density at radius 3 is 2.67 bits per heavy atom. The average molecular weight is 654 g/mol. The van der Waals surface area contributed by atoms with Gasteiger partial charge in [0.05, 0.1) is 30.7 Å². The van der Waals surface area contributed by atoms with Crippen molar-refractivity contribution in [2.24, 2.45) is 0 Å². The van der Waals surface area contributed by atoms with E-state index in [2.05, 4.69) is 10.3 Å². The minimum atomic E-state index is -1.15. The number of fused-ring (bicyclic) bond motifs is 1. The van der Waals surface area contributed by atoms with Crippen molar-refractivity contribution in [3.8, 4) is 16.9 Å². The number of ether oxygens (including phenoxy) is 4. The summed E-state index contributed by atoms with van der Waals surface area (Å²) in [6, 6.07) is 7.98. The minimum Gasteiger partial charge on any atom is -0.490 e. The molecular formula is C34H40FN3O7S. The number of esters is 1. The lowest BCUT2D eigenvalue weighted by molar-refractivity contribution is -0.119. The first-order valence-corrected chi connectivity index (χ1v) is 16.3. The summed E-state index contributed by atoms with van der Waals surface area (Å²) in [4.78, 5) is 45.3. The van der Waals surface area contributed by atoms with E-state index < -0.39 is 29.0 Å². The van der Waals surface area contributed by atoms with Crippen molar-refractivity contribution < 1.29 is 37.7 Å². The second-order valence-corrected chi connectivity index (χ2v) is 13.6. The first kappa shape index (κ1) is 33.3. The van der Waals surface area contributed by atoms with E-state index in [0.29, 0.717) is 53.8 Å². The molecule has 0 spiro atoms. The Morgan fingerprint density at radius 2 is 2.00 bits per heavy atom. The fourth-order valence-electron chi connectivity index (χ4n) is 5.94. The van der Waals surface area contributed by atoms with Gasteiger partial charge < -0.3 is 24.3 Å². The lowest BCUT2D eigenvalue weighted by atomic mass is 9.78. The Morgan fingerprint density at radius 1 is 1.20 bits per heavy atom. The highest BCUT2D eigenvalue weighted by molar-refractivity contribution is 7.13. The zero-order valence-corrected chi connectivity index (χ0v) is 27.6. The van der Waals surface area contributed by atoms with E-state index in [0.717, 1.165) is 24.8 Å². The molecule has 2 aliphatic heterocycles. The summed E-state index contributed by atoms with van der Waals surface area (Å²) in [5.41, 5.74) is 0.541. The highest BCUT2D eigenvalue weighted by Gasteiger charge is 2.45. The highest BCUT2D eigenvalue weighted by Crippen LogP contribution is 2.45. The SMILES string of the molecule is COC(=O)c1cc(-c2cc3c(cc2OCC2CCCCO2)CCN(C(=O)OC(C)(C)C)C3(C)CC(=O)Nc2nccs2)ccc1F. The monoisotopic (exact) mass is 653 g/mol. The van der Waals surface area contributed by atoms with Crippen LogP contribution in [0.1, 0.15) is 74.9 Å². The molecule has 0 radical (unpaired) electrons. The topological polar surface area (TPSA) is 116 Å². The molecule has 3 aromatic rings. The second kappa shape index (κ2) is 13.8. The molecule has 0 saturated carbocycles. The van der Waals surface area contributed by atoms with Crippen LogP contribution in [-0.4, -0.2) is 66.4 Å². The Labute approximate surface area is 272 Å². The van der Waals surface area contributed by atoms with Crippen LogP contribution in [0.25, 0.3) is 11.1 Å². The fourth-order valence-corrected chi connectivity index (χ4v) is 6.49. The normalized spacial score (nSPS) is 19.6. The lowest BCUT2D eigenvalue weighted by Gasteiger charge is -2.46. The van der Waals surface area contributed by atoms with Gasteiger partial charge in [-0.15, -0.1) is 11.3 Å². The first-order valence-electron chi connectivity index (χ1n) is 15.4. The van der Waals surface area contributed by atoms with Gasteiger partial charge in [-0.2, -0.15) is 0 Å². The Kier molecular flexibility index (Phi) is 9.97. The highest BCUT2D eigenvalue weighted by atomic mass is 32.1. The number of rotatable bonds is 8. The van der Waals surface area contributed by atoms with Gasteiger partial charge in [-0.25, -0.2) is 19.0 Å². The van der Waals surface area contributed by atoms with E-state index >= 15 is 0 Å². The largest absolute Gasteiger partial charge is 0.490 e. The van der Waals surface area contributed by atoms with E-state index in [4.69, 9.17) is 18.9 Å². The van der Waals surface area contributed by atoms with Gasteiger partial charge in [0.1, 0.15) is 23.8 Å². The Hall–Kier alpha value is -4.03. The predicted molar refractivity (Wildman–Crippen MR) is 172 cm³/mol. The van der Waals surface area contributed by atoms with Crippen LogP contribution in [0.3, 0.4) is 0 Å². The van der Waals surface area contributed by atoms with E-state index in [9.17, 15) is 18.8 Å². The summed E-state index contributed by atoms with van der Waals surface area (Å²) in [6.07, 6.45) is 4.30. The van der Waals surface area contributed by atoms with Gasteiger partial charge in [0.15, 0.2) is 5.13 Å². The molecule has 1 saturated heterocycles. The molecule has 2 atom stereocenters. The van der Waals surface area contributed by atoms with Crippen molar-refractivity contribution in [2.45, 2.75) is 77.0 Å². The van der Waals surface area contributed by atoms with Crippen LogP contribution in [0.2, 0.25) is 0 Å². The number of nitrogens with zero attached hydrogens (tertiary/aromatic N) is 2. The number of carbonyl (C=O) groups excluding carboxylic acids is 3. The number of benzene rings is 2. The van der Waals surface area contributed by atoms with Gasteiger partial charge >= 0.3 is 12.1 Å². The zero-order valence-electron chi connectivity index (χ0n) is 26.8. The number of anilines is 1. The molecule has 2 aromatic carbocycles. The van der Waals surface area contributed by atoms with Gasteiger partial charge in [-0.3, -0.25) is 9.69 Å². The first-order chi connectivity index (χ1) is 21.9. The van der Waals surface area contributed by atoms with Crippen LogP contribution in [0, 0.1) is 5.82 Å². The number of nitrogens with one attached hydrogen (secondary N) is 1.